The maximum atomic E-state index is 13.1. The van der Waals surface area contributed by atoms with Crippen molar-refractivity contribution in [1.29, 1.82) is 0 Å². The number of hydrogen-bond donors (Lipinski definition) is 0. The number of esters is 1. The summed E-state index contributed by atoms with van der Waals surface area (Å²) in [5, 5.41) is 0. The van der Waals surface area contributed by atoms with Crippen molar-refractivity contribution in [3.05, 3.63) is 42.5 Å². The lowest BCUT2D eigenvalue weighted by molar-refractivity contribution is -0.155. The fourth-order valence-corrected chi connectivity index (χ4v) is 6.18. The summed E-state index contributed by atoms with van der Waals surface area (Å²) < 4.78 is 5.84. The van der Waals surface area contributed by atoms with Gasteiger partial charge in [-0.05, 0) is 67.4 Å². The van der Waals surface area contributed by atoms with Gasteiger partial charge in [0.25, 0.3) is 0 Å². The smallest absolute Gasteiger partial charge is 0.318 e. The van der Waals surface area contributed by atoms with E-state index in [1.54, 1.807) is 0 Å². The van der Waals surface area contributed by atoms with Crippen LogP contribution in [0.5, 0.6) is 5.75 Å². The second-order valence-corrected chi connectivity index (χ2v) is 7.32. The van der Waals surface area contributed by atoms with Gasteiger partial charge in [0.05, 0.1) is 5.41 Å². The Bertz CT molecular complexity index is 620. The van der Waals surface area contributed by atoms with Gasteiger partial charge in [-0.3, -0.25) is 4.79 Å². The van der Waals surface area contributed by atoms with Gasteiger partial charge in [0.1, 0.15) is 5.75 Å². The Morgan fingerprint density at radius 3 is 2.81 bits per heavy atom. The summed E-state index contributed by atoms with van der Waals surface area (Å²) in [6.45, 7) is 0. The molecule has 4 aliphatic rings. The normalized spacial score (nSPS) is 45.0. The lowest BCUT2D eigenvalue weighted by atomic mass is 9.61. The Hall–Kier alpha value is -1.57. The molecule has 1 aromatic carbocycles. The molecule has 2 nitrogen and oxygen atoms in total. The van der Waals surface area contributed by atoms with Crippen LogP contribution >= 0.6 is 0 Å². The van der Waals surface area contributed by atoms with Gasteiger partial charge in [-0.25, -0.2) is 0 Å². The number of benzene rings is 1. The van der Waals surface area contributed by atoms with Gasteiger partial charge in [0, 0.05) is 0 Å². The molecule has 3 saturated carbocycles. The Kier molecular flexibility index (Phi) is 2.29. The molecule has 1 aromatic rings. The zero-order valence-electron chi connectivity index (χ0n) is 12.1. The maximum Gasteiger partial charge on any atom is 0.318 e. The Morgan fingerprint density at radius 2 is 1.95 bits per heavy atom. The van der Waals surface area contributed by atoms with Gasteiger partial charge >= 0.3 is 5.97 Å². The van der Waals surface area contributed by atoms with Crippen molar-refractivity contribution in [2.24, 2.45) is 35.0 Å². The quantitative estimate of drug-likeness (QED) is 0.356. The molecular weight excluding hydrogens is 260 g/mol. The minimum absolute atomic E-state index is 0.0581. The maximum absolute atomic E-state index is 13.1. The number of fused-ring (bicyclic) bond motifs is 9. The van der Waals surface area contributed by atoms with Crippen LogP contribution in [-0.2, 0) is 4.79 Å². The van der Waals surface area contributed by atoms with E-state index in [-0.39, 0.29) is 11.4 Å². The van der Waals surface area contributed by atoms with Gasteiger partial charge in [-0.1, -0.05) is 30.4 Å². The van der Waals surface area contributed by atoms with E-state index in [9.17, 15) is 4.79 Å². The highest BCUT2D eigenvalue weighted by molar-refractivity contribution is 5.82. The first-order chi connectivity index (χ1) is 10.3. The molecule has 3 fully saturated rings. The molecule has 0 heterocycles. The minimum atomic E-state index is -0.196. The van der Waals surface area contributed by atoms with E-state index in [0.717, 1.165) is 5.92 Å². The molecule has 2 heteroatoms. The first-order valence-electron chi connectivity index (χ1n) is 8.26. The van der Waals surface area contributed by atoms with Crippen molar-refractivity contribution in [1.82, 2.24) is 0 Å². The van der Waals surface area contributed by atoms with Crippen LogP contribution in [0.1, 0.15) is 25.7 Å². The molecule has 5 rings (SSSR count). The van der Waals surface area contributed by atoms with Crippen molar-refractivity contribution >= 4 is 5.97 Å². The first kappa shape index (κ1) is 12.0. The van der Waals surface area contributed by atoms with Crippen LogP contribution in [0, 0.1) is 35.0 Å². The van der Waals surface area contributed by atoms with Crippen LogP contribution in [0.2, 0.25) is 0 Å². The summed E-state index contributed by atoms with van der Waals surface area (Å²) in [5.74, 6) is 3.70. The summed E-state index contributed by atoms with van der Waals surface area (Å²) in [6.07, 6.45) is 9.68. The number of hydrogen-bond acceptors (Lipinski definition) is 2. The van der Waals surface area contributed by atoms with E-state index in [2.05, 4.69) is 12.2 Å². The van der Waals surface area contributed by atoms with E-state index in [4.69, 9.17) is 4.74 Å². The Morgan fingerprint density at radius 1 is 1.10 bits per heavy atom. The highest BCUT2D eigenvalue weighted by Gasteiger charge is 2.71. The highest BCUT2D eigenvalue weighted by atomic mass is 16.5. The summed E-state index contributed by atoms with van der Waals surface area (Å²) in [7, 11) is 0. The molecule has 6 atom stereocenters. The predicted octanol–water partition coefficient (Wildman–Crippen LogP) is 3.83. The van der Waals surface area contributed by atoms with Crippen molar-refractivity contribution in [3.63, 3.8) is 0 Å². The molecule has 6 unspecified atom stereocenters. The van der Waals surface area contributed by atoms with E-state index >= 15 is 0 Å². The third-order valence-corrected chi connectivity index (χ3v) is 6.71. The molecule has 108 valence electrons. The van der Waals surface area contributed by atoms with Gasteiger partial charge in [0.2, 0.25) is 0 Å². The van der Waals surface area contributed by atoms with Crippen molar-refractivity contribution in [3.8, 4) is 5.75 Å². The molecular formula is C19H20O2. The Balaban J connectivity index is 1.54. The monoisotopic (exact) mass is 280 g/mol. The predicted molar refractivity (Wildman–Crippen MR) is 79.6 cm³/mol. The van der Waals surface area contributed by atoms with Gasteiger partial charge in [-0.15, -0.1) is 0 Å². The van der Waals surface area contributed by atoms with Crippen molar-refractivity contribution in [2.45, 2.75) is 25.7 Å². The van der Waals surface area contributed by atoms with Crippen LogP contribution in [0.3, 0.4) is 0 Å². The number of carbonyl (C=O) groups excluding carboxylic acids is 1. The molecule has 0 aromatic heterocycles. The molecule has 0 radical (unpaired) electrons. The van der Waals surface area contributed by atoms with Crippen LogP contribution in [-0.4, -0.2) is 5.97 Å². The molecule has 21 heavy (non-hydrogen) atoms. The molecule has 0 N–H and O–H groups in total. The van der Waals surface area contributed by atoms with Gasteiger partial charge in [-0.2, -0.15) is 0 Å². The summed E-state index contributed by atoms with van der Waals surface area (Å²) >= 11 is 0. The zero-order valence-corrected chi connectivity index (χ0v) is 12.1. The molecule has 0 spiro atoms. The van der Waals surface area contributed by atoms with Crippen LogP contribution in [0.25, 0.3) is 0 Å². The van der Waals surface area contributed by atoms with Gasteiger partial charge < -0.3 is 4.74 Å². The van der Waals surface area contributed by atoms with E-state index in [1.165, 1.54) is 25.7 Å². The van der Waals surface area contributed by atoms with Crippen molar-refractivity contribution < 1.29 is 9.53 Å². The summed E-state index contributed by atoms with van der Waals surface area (Å²) in [6, 6.07) is 9.59. The number of carbonyl (C=O) groups is 1. The lowest BCUT2D eigenvalue weighted by Gasteiger charge is -2.42. The second-order valence-electron chi connectivity index (χ2n) is 7.32. The molecule has 4 aliphatic carbocycles. The first-order valence-corrected chi connectivity index (χ1v) is 8.26. The van der Waals surface area contributed by atoms with Crippen LogP contribution < -0.4 is 4.74 Å². The number of allylic oxidation sites excluding steroid dienone is 2. The minimum Gasteiger partial charge on any atom is -0.426 e. The lowest BCUT2D eigenvalue weighted by Crippen LogP contribution is -2.48. The van der Waals surface area contributed by atoms with Crippen molar-refractivity contribution in [2.75, 3.05) is 0 Å². The van der Waals surface area contributed by atoms with E-state index in [0.29, 0.717) is 29.4 Å². The fourth-order valence-electron chi connectivity index (χ4n) is 6.18. The largest absolute Gasteiger partial charge is 0.426 e. The molecule has 0 saturated heterocycles. The summed E-state index contributed by atoms with van der Waals surface area (Å²) in [5.41, 5.74) is -0.196. The number of rotatable bonds is 2. The average Bonchev–Trinajstić information content (AvgIpc) is 3.26. The second kappa shape index (κ2) is 4.00. The zero-order chi connectivity index (χ0) is 14.0. The molecule has 4 bridgehead atoms. The molecule has 0 amide bonds. The Labute approximate surface area is 125 Å². The van der Waals surface area contributed by atoms with Crippen LogP contribution in [0.4, 0.5) is 0 Å². The van der Waals surface area contributed by atoms with Crippen LogP contribution in [0.15, 0.2) is 42.5 Å². The number of para-hydroxylation sites is 1. The third kappa shape index (κ3) is 1.36. The van der Waals surface area contributed by atoms with E-state index in [1.807, 2.05) is 30.3 Å². The van der Waals surface area contributed by atoms with Gasteiger partial charge in [0.15, 0.2) is 0 Å². The standard InChI is InChI=1S/C19H20O2/c20-18(21-16-4-2-1-3-5-16)19-14-8-6-12(10-14)17(19)13-7-9-15(19)11-13/h1-6,8,12-15,17H,7,9-11H2. The average molecular weight is 280 g/mol. The number of ether oxygens (including phenoxy) is 1. The third-order valence-electron chi connectivity index (χ3n) is 6.71. The SMILES string of the molecule is O=C(Oc1ccccc1)C12C3C=CC(C3)C1C1CCC2C1. The topological polar surface area (TPSA) is 26.3 Å². The molecule has 0 aliphatic heterocycles. The highest BCUT2D eigenvalue weighted by Crippen LogP contribution is 2.72. The van der Waals surface area contributed by atoms with E-state index < -0.39 is 0 Å². The fraction of sp³-hybridized carbons (Fsp3) is 0.526. The summed E-state index contributed by atoms with van der Waals surface area (Å²) in [4.78, 5) is 13.1.